The monoisotopic (exact) mass is 299 g/mol. The van der Waals surface area contributed by atoms with Crippen LogP contribution in [0.15, 0.2) is 40.9 Å². The van der Waals surface area contributed by atoms with Gasteiger partial charge in [-0.25, -0.2) is 4.98 Å². The van der Waals surface area contributed by atoms with E-state index in [1.54, 1.807) is 11.3 Å². The first-order valence-electron chi connectivity index (χ1n) is 5.90. The molecular formula is C13H12F3N3S. The van der Waals surface area contributed by atoms with E-state index in [1.807, 2.05) is 24.4 Å². The molecule has 2 heterocycles. The summed E-state index contributed by atoms with van der Waals surface area (Å²) in [5.41, 5.74) is 2.74. The molecule has 20 heavy (non-hydrogen) atoms. The Hall–Kier alpha value is -1.89. The normalized spacial score (nSPS) is 12.5. The lowest BCUT2D eigenvalue weighted by atomic mass is 10.2. The Morgan fingerprint density at radius 3 is 2.65 bits per heavy atom. The molecule has 2 aromatic heterocycles. The van der Waals surface area contributed by atoms with Crippen molar-refractivity contribution in [3.8, 4) is 0 Å². The van der Waals surface area contributed by atoms with Gasteiger partial charge in [0.25, 0.3) is 0 Å². The molecule has 7 heteroatoms. The highest BCUT2D eigenvalue weighted by Crippen LogP contribution is 2.28. The summed E-state index contributed by atoms with van der Waals surface area (Å²) in [4.78, 5) is 4.72. The number of rotatable bonds is 4. The SMILES string of the molecule is CC/C(=N/Nc1ccc(C(F)(F)F)cn1)c1cccs1. The van der Waals surface area contributed by atoms with Crippen LogP contribution in [0.2, 0.25) is 0 Å². The minimum Gasteiger partial charge on any atom is -0.261 e. The summed E-state index contributed by atoms with van der Waals surface area (Å²) < 4.78 is 37.2. The molecule has 0 amide bonds. The molecule has 0 bridgehead atoms. The lowest BCUT2D eigenvalue weighted by Gasteiger charge is -2.07. The summed E-state index contributed by atoms with van der Waals surface area (Å²) in [5, 5.41) is 6.12. The molecule has 3 nitrogen and oxygen atoms in total. The summed E-state index contributed by atoms with van der Waals surface area (Å²) in [6, 6.07) is 6.09. The van der Waals surface area contributed by atoms with Gasteiger partial charge >= 0.3 is 6.18 Å². The molecule has 0 aliphatic rings. The largest absolute Gasteiger partial charge is 0.417 e. The fraction of sp³-hybridized carbons (Fsp3) is 0.231. The number of hydrogen-bond donors (Lipinski definition) is 1. The summed E-state index contributed by atoms with van der Waals surface area (Å²) in [5.74, 6) is 0.278. The molecule has 1 N–H and O–H groups in total. The van der Waals surface area contributed by atoms with Crippen molar-refractivity contribution < 1.29 is 13.2 Å². The van der Waals surface area contributed by atoms with Crippen LogP contribution >= 0.6 is 11.3 Å². The zero-order valence-corrected chi connectivity index (χ0v) is 11.4. The molecule has 0 radical (unpaired) electrons. The second kappa shape index (κ2) is 6.04. The van der Waals surface area contributed by atoms with Crippen molar-refractivity contribution in [3.63, 3.8) is 0 Å². The van der Waals surface area contributed by atoms with Crippen LogP contribution in [0.25, 0.3) is 0 Å². The zero-order chi connectivity index (χ0) is 14.6. The average molecular weight is 299 g/mol. The average Bonchev–Trinajstić information content (AvgIpc) is 2.93. The van der Waals surface area contributed by atoms with Crippen LogP contribution in [0.1, 0.15) is 23.8 Å². The Morgan fingerprint density at radius 1 is 1.35 bits per heavy atom. The Bertz CT molecular complexity index is 574. The van der Waals surface area contributed by atoms with Crippen LogP contribution in [-0.4, -0.2) is 10.7 Å². The van der Waals surface area contributed by atoms with E-state index < -0.39 is 11.7 Å². The predicted octanol–water partition coefficient (Wildman–Crippen LogP) is 4.39. The van der Waals surface area contributed by atoms with E-state index in [0.29, 0.717) is 6.42 Å². The molecule has 0 saturated heterocycles. The van der Waals surface area contributed by atoms with Gasteiger partial charge in [0.05, 0.1) is 16.2 Å². The molecule has 0 aromatic carbocycles. The van der Waals surface area contributed by atoms with E-state index in [0.717, 1.165) is 22.9 Å². The molecule has 0 aliphatic carbocycles. The minimum atomic E-state index is -4.37. The van der Waals surface area contributed by atoms with Gasteiger partial charge in [-0.1, -0.05) is 13.0 Å². The summed E-state index contributed by atoms with van der Waals surface area (Å²) in [6.45, 7) is 1.96. The van der Waals surface area contributed by atoms with Crippen LogP contribution in [0.4, 0.5) is 19.0 Å². The Morgan fingerprint density at radius 2 is 2.15 bits per heavy atom. The van der Waals surface area contributed by atoms with E-state index in [4.69, 9.17) is 0 Å². The van der Waals surface area contributed by atoms with Gasteiger partial charge in [-0.15, -0.1) is 11.3 Å². The maximum atomic E-state index is 12.4. The highest BCUT2D eigenvalue weighted by Gasteiger charge is 2.30. The van der Waals surface area contributed by atoms with E-state index >= 15 is 0 Å². The number of hydrogen-bond acceptors (Lipinski definition) is 4. The van der Waals surface area contributed by atoms with Gasteiger partial charge in [0.2, 0.25) is 0 Å². The van der Waals surface area contributed by atoms with Crippen molar-refractivity contribution >= 4 is 22.9 Å². The second-order valence-electron chi connectivity index (χ2n) is 3.93. The molecule has 2 rings (SSSR count). The number of anilines is 1. The Labute approximate surface area is 118 Å². The topological polar surface area (TPSA) is 37.3 Å². The number of halogens is 3. The third kappa shape index (κ3) is 3.57. The predicted molar refractivity (Wildman–Crippen MR) is 74.0 cm³/mol. The molecule has 0 unspecified atom stereocenters. The highest BCUT2D eigenvalue weighted by molar-refractivity contribution is 7.12. The minimum absolute atomic E-state index is 0.278. The van der Waals surface area contributed by atoms with Gasteiger partial charge in [-0.05, 0) is 30.0 Å². The lowest BCUT2D eigenvalue weighted by molar-refractivity contribution is -0.137. The fourth-order valence-electron chi connectivity index (χ4n) is 1.50. The third-order valence-corrected chi connectivity index (χ3v) is 3.46. The van der Waals surface area contributed by atoms with Gasteiger partial charge in [0, 0.05) is 6.20 Å². The van der Waals surface area contributed by atoms with Crippen molar-refractivity contribution in [1.82, 2.24) is 4.98 Å². The molecular weight excluding hydrogens is 287 g/mol. The van der Waals surface area contributed by atoms with E-state index in [1.165, 1.54) is 6.07 Å². The highest BCUT2D eigenvalue weighted by atomic mass is 32.1. The second-order valence-corrected chi connectivity index (χ2v) is 4.88. The molecule has 0 aliphatic heterocycles. The smallest absolute Gasteiger partial charge is 0.261 e. The maximum Gasteiger partial charge on any atom is 0.417 e. The molecule has 0 atom stereocenters. The number of thiophene rings is 1. The summed E-state index contributed by atoms with van der Waals surface area (Å²) in [6.07, 6.45) is -2.87. The lowest BCUT2D eigenvalue weighted by Crippen LogP contribution is -2.06. The van der Waals surface area contributed by atoms with Crippen LogP contribution < -0.4 is 5.43 Å². The van der Waals surface area contributed by atoms with Crippen LogP contribution in [0, 0.1) is 0 Å². The number of nitrogens with zero attached hydrogens (tertiary/aromatic N) is 2. The Balaban J connectivity index is 2.10. The van der Waals surface area contributed by atoms with E-state index in [2.05, 4.69) is 15.5 Å². The van der Waals surface area contributed by atoms with Crippen molar-refractivity contribution in [3.05, 3.63) is 46.3 Å². The molecule has 0 saturated carbocycles. The Kier molecular flexibility index (Phi) is 4.39. The van der Waals surface area contributed by atoms with Gasteiger partial charge in [0.1, 0.15) is 5.82 Å². The quantitative estimate of drug-likeness (QED) is 0.671. The first kappa shape index (κ1) is 14.5. The number of nitrogens with one attached hydrogen (secondary N) is 1. The van der Waals surface area contributed by atoms with Crippen LogP contribution in [0.5, 0.6) is 0 Å². The van der Waals surface area contributed by atoms with Crippen molar-refractivity contribution in [1.29, 1.82) is 0 Å². The fourth-order valence-corrected chi connectivity index (χ4v) is 2.29. The number of hydrazone groups is 1. The molecule has 106 valence electrons. The van der Waals surface area contributed by atoms with Crippen molar-refractivity contribution in [2.45, 2.75) is 19.5 Å². The third-order valence-electron chi connectivity index (χ3n) is 2.54. The molecule has 0 spiro atoms. The van der Waals surface area contributed by atoms with Crippen LogP contribution in [-0.2, 0) is 6.18 Å². The summed E-state index contributed by atoms with van der Waals surface area (Å²) in [7, 11) is 0. The number of aromatic nitrogens is 1. The molecule has 2 aromatic rings. The van der Waals surface area contributed by atoms with Gasteiger partial charge in [-0.3, -0.25) is 5.43 Å². The van der Waals surface area contributed by atoms with E-state index in [-0.39, 0.29) is 5.82 Å². The van der Waals surface area contributed by atoms with Crippen molar-refractivity contribution in [2.75, 3.05) is 5.43 Å². The van der Waals surface area contributed by atoms with Crippen molar-refractivity contribution in [2.24, 2.45) is 5.10 Å². The van der Waals surface area contributed by atoms with Crippen LogP contribution in [0.3, 0.4) is 0 Å². The molecule has 0 fully saturated rings. The standard InChI is InChI=1S/C13H12F3N3S/c1-2-10(11-4-3-7-20-11)18-19-12-6-5-9(8-17-12)13(14,15)16/h3-8H,2H2,1H3,(H,17,19)/b18-10-. The van der Waals surface area contributed by atoms with Gasteiger partial charge in [-0.2, -0.15) is 18.3 Å². The first-order valence-corrected chi connectivity index (χ1v) is 6.78. The maximum absolute atomic E-state index is 12.4. The van der Waals surface area contributed by atoms with Gasteiger partial charge in [0.15, 0.2) is 0 Å². The number of alkyl halides is 3. The zero-order valence-electron chi connectivity index (χ0n) is 10.6. The number of pyridine rings is 1. The summed E-state index contributed by atoms with van der Waals surface area (Å²) >= 11 is 1.56. The first-order chi connectivity index (χ1) is 9.50. The van der Waals surface area contributed by atoms with E-state index in [9.17, 15) is 13.2 Å². The van der Waals surface area contributed by atoms with Gasteiger partial charge < -0.3 is 0 Å².